The molecule has 1 unspecified atom stereocenters. The van der Waals surface area contributed by atoms with Gasteiger partial charge in [0.15, 0.2) is 5.69 Å². The molecule has 0 bridgehead atoms. The second kappa shape index (κ2) is 10.2. The highest BCUT2D eigenvalue weighted by Gasteiger charge is 2.31. The van der Waals surface area contributed by atoms with Crippen molar-refractivity contribution in [3.8, 4) is 5.75 Å². The number of anilines is 1. The van der Waals surface area contributed by atoms with E-state index in [1.165, 1.54) is 16.2 Å². The minimum Gasteiger partial charge on any atom is -0.497 e. The summed E-state index contributed by atoms with van der Waals surface area (Å²) in [5, 5.41) is 4.74. The molecule has 1 atom stereocenters. The maximum atomic E-state index is 13.3. The quantitative estimate of drug-likeness (QED) is 0.435. The van der Waals surface area contributed by atoms with Crippen LogP contribution in [0.2, 0.25) is 0 Å². The van der Waals surface area contributed by atoms with Crippen molar-refractivity contribution in [2.75, 3.05) is 12.8 Å². The van der Waals surface area contributed by atoms with Crippen LogP contribution >= 0.6 is 22.9 Å². The molecule has 0 aliphatic carbocycles. The summed E-state index contributed by atoms with van der Waals surface area (Å²) in [7, 11) is 1.58. The minimum absolute atomic E-state index is 0.0742. The zero-order valence-corrected chi connectivity index (χ0v) is 19.2. The molecule has 3 aromatic rings. The van der Waals surface area contributed by atoms with E-state index in [-0.39, 0.29) is 28.7 Å². The average Bonchev–Trinajstić information content (AvgIpc) is 3.44. The molecule has 168 valence electrons. The van der Waals surface area contributed by atoms with Crippen LogP contribution in [0.25, 0.3) is 0 Å². The van der Waals surface area contributed by atoms with Gasteiger partial charge in [-0.2, -0.15) is 4.37 Å². The topological polar surface area (TPSA) is 141 Å². The number of benzene rings is 1. The Labute approximate surface area is 193 Å². The van der Waals surface area contributed by atoms with Gasteiger partial charge in [-0.3, -0.25) is 14.4 Å². The Kier molecular flexibility index (Phi) is 7.44. The fraction of sp³-hybridized carbons (Fsp3) is 0.238. The van der Waals surface area contributed by atoms with Crippen molar-refractivity contribution in [2.45, 2.75) is 26.1 Å². The molecule has 2 aromatic heterocycles. The molecule has 0 aliphatic heterocycles. The van der Waals surface area contributed by atoms with Crippen molar-refractivity contribution in [3.05, 3.63) is 62.8 Å². The highest BCUT2D eigenvalue weighted by molar-refractivity contribution is 7.10. The number of amides is 3. The predicted octanol–water partition coefficient (Wildman–Crippen LogP) is 2.24. The van der Waals surface area contributed by atoms with Crippen LogP contribution in [-0.2, 0) is 17.9 Å². The Morgan fingerprint density at radius 2 is 1.94 bits per heavy atom. The summed E-state index contributed by atoms with van der Waals surface area (Å²) in [5.74, 6) is -0.913. The van der Waals surface area contributed by atoms with Crippen LogP contribution in [0.1, 0.15) is 37.5 Å². The Morgan fingerprint density at radius 3 is 2.50 bits per heavy atom. The lowest BCUT2D eigenvalue weighted by Crippen LogP contribution is -2.47. The van der Waals surface area contributed by atoms with E-state index in [0.29, 0.717) is 6.54 Å². The van der Waals surface area contributed by atoms with Gasteiger partial charge >= 0.3 is 0 Å². The van der Waals surface area contributed by atoms with Crippen molar-refractivity contribution >= 4 is 46.3 Å². The van der Waals surface area contributed by atoms with E-state index in [9.17, 15) is 14.4 Å². The molecule has 2 heterocycles. The summed E-state index contributed by atoms with van der Waals surface area (Å²) in [6.45, 7) is 2.14. The fourth-order valence-corrected chi connectivity index (χ4v) is 4.40. The lowest BCUT2D eigenvalue weighted by Gasteiger charge is -2.28. The third kappa shape index (κ3) is 5.24. The Balaban J connectivity index is 1.78. The molecule has 3 rings (SSSR count). The standard InChI is InChI=1S/C21H23N5O4S2/c1-12(20(28)24-10-13-5-7-14(30-2)8-6-13)26(11-15-4-3-9-31-15)21(29)18-16(22)17(19(23)27)25-32-18/h3-9,12H,10-11,22H2,1-2H3,(H2,23,27)(H,24,28). The monoisotopic (exact) mass is 473 g/mol. The van der Waals surface area contributed by atoms with Gasteiger partial charge in [0.05, 0.1) is 19.3 Å². The summed E-state index contributed by atoms with van der Waals surface area (Å²) in [6, 6.07) is 10.2. The second-order valence-electron chi connectivity index (χ2n) is 6.89. The highest BCUT2D eigenvalue weighted by atomic mass is 32.1. The highest BCUT2D eigenvalue weighted by Crippen LogP contribution is 2.26. The number of ether oxygens (including phenoxy) is 1. The van der Waals surface area contributed by atoms with Gasteiger partial charge in [-0.25, -0.2) is 0 Å². The Bertz CT molecular complexity index is 1100. The van der Waals surface area contributed by atoms with E-state index in [2.05, 4.69) is 9.69 Å². The number of carbonyl (C=O) groups excluding carboxylic acids is 3. The lowest BCUT2D eigenvalue weighted by atomic mass is 10.2. The zero-order valence-electron chi connectivity index (χ0n) is 17.5. The van der Waals surface area contributed by atoms with Crippen LogP contribution in [0.15, 0.2) is 41.8 Å². The van der Waals surface area contributed by atoms with Crippen molar-refractivity contribution in [3.63, 3.8) is 0 Å². The molecule has 0 spiro atoms. The van der Waals surface area contributed by atoms with Gasteiger partial charge in [-0.15, -0.1) is 11.3 Å². The SMILES string of the molecule is COc1ccc(CNC(=O)C(C)N(Cc2cccs2)C(=O)c2snc(C(N)=O)c2N)cc1. The van der Waals surface area contributed by atoms with E-state index in [1.807, 2.05) is 29.6 Å². The van der Waals surface area contributed by atoms with Gasteiger partial charge in [-0.05, 0) is 47.6 Å². The number of hydrogen-bond acceptors (Lipinski definition) is 8. The van der Waals surface area contributed by atoms with E-state index < -0.39 is 17.9 Å². The van der Waals surface area contributed by atoms with Crippen molar-refractivity contribution < 1.29 is 19.1 Å². The van der Waals surface area contributed by atoms with Gasteiger partial charge < -0.3 is 26.4 Å². The van der Waals surface area contributed by atoms with Crippen LogP contribution in [-0.4, -0.2) is 40.1 Å². The van der Waals surface area contributed by atoms with Crippen LogP contribution in [0.4, 0.5) is 5.69 Å². The number of hydrogen-bond donors (Lipinski definition) is 3. The van der Waals surface area contributed by atoms with Crippen LogP contribution in [0, 0.1) is 0 Å². The first-order valence-electron chi connectivity index (χ1n) is 9.60. The molecule has 0 fully saturated rings. The van der Waals surface area contributed by atoms with Crippen molar-refractivity contribution in [1.82, 2.24) is 14.6 Å². The van der Waals surface area contributed by atoms with Gasteiger partial charge in [0, 0.05) is 11.4 Å². The summed E-state index contributed by atoms with van der Waals surface area (Å²) in [6.07, 6.45) is 0. The van der Waals surface area contributed by atoms with E-state index >= 15 is 0 Å². The minimum atomic E-state index is -0.812. The maximum absolute atomic E-state index is 13.3. The lowest BCUT2D eigenvalue weighted by molar-refractivity contribution is -0.125. The van der Waals surface area contributed by atoms with Crippen molar-refractivity contribution in [1.29, 1.82) is 0 Å². The van der Waals surface area contributed by atoms with Gasteiger partial charge in [0.1, 0.15) is 16.7 Å². The first-order valence-corrected chi connectivity index (χ1v) is 11.3. The second-order valence-corrected chi connectivity index (χ2v) is 8.70. The number of carbonyl (C=O) groups is 3. The molecule has 5 N–H and O–H groups in total. The molecule has 0 saturated heterocycles. The Hall–Kier alpha value is -3.44. The van der Waals surface area contributed by atoms with Crippen LogP contribution in [0.3, 0.4) is 0 Å². The average molecular weight is 474 g/mol. The first kappa shape index (κ1) is 23.2. The van der Waals surface area contributed by atoms with Gasteiger partial charge in [-0.1, -0.05) is 18.2 Å². The Morgan fingerprint density at radius 1 is 1.22 bits per heavy atom. The number of nitrogens with one attached hydrogen (secondary N) is 1. The van der Waals surface area contributed by atoms with Gasteiger partial charge in [0.25, 0.3) is 11.8 Å². The number of methoxy groups -OCH3 is 1. The fourth-order valence-electron chi connectivity index (χ4n) is 2.94. The molecule has 1 aromatic carbocycles. The summed E-state index contributed by atoms with van der Waals surface area (Å²) >= 11 is 2.26. The smallest absolute Gasteiger partial charge is 0.270 e. The molecular weight excluding hydrogens is 450 g/mol. The molecule has 3 amide bonds. The van der Waals surface area contributed by atoms with Gasteiger partial charge in [0.2, 0.25) is 5.91 Å². The number of thiophene rings is 1. The van der Waals surface area contributed by atoms with Crippen LogP contribution < -0.4 is 21.5 Å². The number of aromatic nitrogens is 1. The summed E-state index contributed by atoms with van der Waals surface area (Å²) in [5.41, 5.74) is 11.9. The predicted molar refractivity (Wildman–Crippen MR) is 124 cm³/mol. The van der Waals surface area contributed by atoms with E-state index in [4.69, 9.17) is 16.2 Å². The van der Waals surface area contributed by atoms with Crippen LogP contribution in [0.5, 0.6) is 5.75 Å². The molecule has 0 radical (unpaired) electrons. The van der Waals surface area contributed by atoms with Crippen molar-refractivity contribution in [2.24, 2.45) is 5.73 Å². The molecular formula is C21H23N5O4S2. The maximum Gasteiger partial charge on any atom is 0.270 e. The third-order valence-corrected chi connectivity index (χ3v) is 6.51. The summed E-state index contributed by atoms with van der Waals surface area (Å²) < 4.78 is 9.03. The zero-order chi connectivity index (χ0) is 23.3. The molecule has 9 nitrogen and oxygen atoms in total. The number of primary amides is 1. The number of nitrogens with two attached hydrogens (primary N) is 2. The largest absolute Gasteiger partial charge is 0.497 e. The first-order chi connectivity index (χ1) is 15.3. The summed E-state index contributed by atoms with van der Waals surface area (Å²) in [4.78, 5) is 40.0. The molecule has 0 aliphatic rings. The number of nitrogens with zero attached hydrogens (tertiary/aromatic N) is 2. The van der Waals surface area contributed by atoms with E-state index in [1.54, 1.807) is 26.2 Å². The third-order valence-electron chi connectivity index (χ3n) is 4.80. The normalized spacial score (nSPS) is 11.6. The van der Waals surface area contributed by atoms with E-state index in [0.717, 1.165) is 27.7 Å². The molecule has 11 heteroatoms. The molecule has 0 saturated carbocycles. The number of nitrogen functional groups attached to an aromatic ring is 1. The molecule has 32 heavy (non-hydrogen) atoms. The number of rotatable bonds is 9.